The Morgan fingerprint density at radius 1 is 1.50 bits per heavy atom. The molecule has 1 saturated heterocycles. The zero-order valence-corrected chi connectivity index (χ0v) is 7.06. The van der Waals surface area contributed by atoms with Crippen molar-refractivity contribution in [2.75, 3.05) is 0 Å². The summed E-state index contributed by atoms with van der Waals surface area (Å²) in [5.74, 6) is 0. The zero-order chi connectivity index (χ0) is 5.98. The van der Waals surface area contributed by atoms with E-state index >= 15 is 0 Å². The third-order valence-electron chi connectivity index (χ3n) is 1.42. The monoisotopic (exact) mass is 134 g/mol. The van der Waals surface area contributed by atoms with Crippen molar-refractivity contribution >= 4 is 10.2 Å². The van der Waals surface area contributed by atoms with Gasteiger partial charge in [-0.2, -0.15) is 0 Å². The van der Waals surface area contributed by atoms with E-state index in [0.717, 1.165) is 23.1 Å². The first-order valence-electron chi connectivity index (χ1n) is 3.08. The summed E-state index contributed by atoms with van der Waals surface area (Å²) in [6.45, 7) is 0. The van der Waals surface area contributed by atoms with Crippen LogP contribution in [0.5, 0.6) is 0 Å². The molecule has 0 bridgehead atoms. The van der Waals surface area contributed by atoms with Crippen LogP contribution >= 0.6 is 0 Å². The molecule has 0 radical (unpaired) electrons. The maximum Gasteiger partial charge on any atom is 0.198 e. The summed E-state index contributed by atoms with van der Waals surface area (Å²) < 4.78 is 17.1. The van der Waals surface area contributed by atoms with Crippen LogP contribution in [0.1, 0.15) is 19.3 Å². The lowest BCUT2D eigenvalue weighted by atomic mass is 10.2. The van der Waals surface area contributed by atoms with Crippen LogP contribution in [-0.4, -0.2) is 22.3 Å². The summed E-state index contributed by atoms with van der Waals surface area (Å²) in [4.78, 5) is 0. The number of alkyl halides is 1. The highest BCUT2D eigenvalue weighted by molar-refractivity contribution is 6.11. The van der Waals surface area contributed by atoms with Crippen molar-refractivity contribution in [2.45, 2.75) is 31.3 Å². The summed E-state index contributed by atoms with van der Waals surface area (Å²) in [6, 6.07) is 0. The molecule has 0 aliphatic carbocycles. The second-order valence-corrected chi connectivity index (χ2v) is 3.58. The Morgan fingerprint density at radius 3 is 2.62 bits per heavy atom. The average molecular weight is 134 g/mol. The first-order chi connectivity index (χ1) is 3.79. The van der Waals surface area contributed by atoms with E-state index in [2.05, 4.69) is 0 Å². The number of hydrogen-bond donors (Lipinski definition) is 0. The molecule has 0 aromatic rings. The fourth-order valence-electron chi connectivity index (χ4n) is 0.954. The van der Waals surface area contributed by atoms with Gasteiger partial charge in [-0.25, -0.2) is 4.39 Å². The summed E-state index contributed by atoms with van der Waals surface area (Å²) >= 11 is 0. The van der Waals surface area contributed by atoms with E-state index in [0.29, 0.717) is 6.42 Å². The van der Waals surface area contributed by atoms with E-state index in [9.17, 15) is 4.39 Å². The van der Waals surface area contributed by atoms with Crippen LogP contribution < -0.4 is 0 Å². The molecule has 2 unspecified atom stereocenters. The molecular formula is C5H11FOSi. The third kappa shape index (κ3) is 1.56. The van der Waals surface area contributed by atoms with E-state index in [4.69, 9.17) is 4.74 Å². The summed E-state index contributed by atoms with van der Waals surface area (Å²) in [6.07, 6.45) is 1.74. The maximum absolute atomic E-state index is 12.2. The van der Waals surface area contributed by atoms with Gasteiger partial charge in [0.15, 0.2) is 6.36 Å². The fraction of sp³-hybridized carbons (Fsp3) is 1.00. The Hall–Kier alpha value is 0.107. The van der Waals surface area contributed by atoms with Gasteiger partial charge in [-0.05, 0) is 12.8 Å². The minimum Gasteiger partial charge on any atom is -0.349 e. The number of ether oxygens (including phenoxy) is 1. The highest BCUT2D eigenvalue weighted by Gasteiger charge is 2.16. The second-order valence-electron chi connectivity index (χ2n) is 2.29. The second kappa shape index (κ2) is 2.59. The van der Waals surface area contributed by atoms with Gasteiger partial charge in [-0.15, -0.1) is 0 Å². The Morgan fingerprint density at radius 2 is 2.25 bits per heavy atom. The van der Waals surface area contributed by atoms with Crippen LogP contribution in [0.2, 0.25) is 0 Å². The molecule has 0 saturated carbocycles. The molecule has 0 aromatic carbocycles. The van der Waals surface area contributed by atoms with Gasteiger partial charge in [-0.1, -0.05) is 0 Å². The van der Waals surface area contributed by atoms with Crippen LogP contribution in [0.3, 0.4) is 0 Å². The first kappa shape index (κ1) is 6.23. The molecule has 1 aliphatic rings. The van der Waals surface area contributed by atoms with E-state index in [1.165, 1.54) is 0 Å². The molecule has 1 rings (SSSR count). The van der Waals surface area contributed by atoms with Crippen LogP contribution in [0.4, 0.5) is 4.39 Å². The molecule has 0 aromatic heterocycles. The molecule has 1 nitrogen and oxygen atoms in total. The molecular weight excluding hydrogens is 123 g/mol. The Balaban J connectivity index is 2.23. The van der Waals surface area contributed by atoms with Crippen LogP contribution in [-0.2, 0) is 4.74 Å². The zero-order valence-electron chi connectivity index (χ0n) is 5.06. The minimum absolute atomic E-state index is 0.277. The van der Waals surface area contributed by atoms with Crippen molar-refractivity contribution < 1.29 is 9.13 Å². The molecule has 0 spiro atoms. The minimum atomic E-state index is -0.953. The largest absolute Gasteiger partial charge is 0.349 e. The van der Waals surface area contributed by atoms with Gasteiger partial charge in [0.05, 0.1) is 0 Å². The van der Waals surface area contributed by atoms with Crippen molar-refractivity contribution in [1.29, 1.82) is 0 Å². The Bertz CT molecular complexity index is 70.8. The van der Waals surface area contributed by atoms with Crippen molar-refractivity contribution in [3.63, 3.8) is 0 Å². The first-order valence-corrected chi connectivity index (χ1v) is 4.24. The van der Waals surface area contributed by atoms with Gasteiger partial charge in [0.1, 0.15) is 0 Å². The highest BCUT2D eigenvalue weighted by Crippen LogP contribution is 2.16. The van der Waals surface area contributed by atoms with Gasteiger partial charge in [-0.3, -0.25) is 0 Å². The molecule has 1 fully saturated rings. The van der Waals surface area contributed by atoms with E-state index in [1.807, 2.05) is 0 Å². The van der Waals surface area contributed by atoms with E-state index < -0.39 is 6.36 Å². The topological polar surface area (TPSA) is 9.23 Å². The fourth-order valence-corrected chi connectivity index (χ4v) is 1.66. The lowest BCUT2D eigenvalue weighted by Gasteiger charge is -2.21. The molecule has 1 heterocycles. The van der Waals surface area contributed by atoms with Crippen LogP contribution in [0, 0.1) is 0 Å². The Kier molecular flexibility index (Phi) is 2.02. The molecule has 1 aliphatic heterocycles. The van der Waals surface area contributed by atoms with Crippen molar-refractivity contribution in [2.24, 2.45) is 0 Å². The quantitative estimate of drug-likeness (QED) is 0.429. The smallest absolute Gasteiger partial charge is 0.198 e. The molecule has 0 N–H and O–H groups in total. The lowest BCUT2D eigenvalue weighted by Crippen LogP contribution is -2.24. The van der Waals surface area contributed by atoms with Gasteiger partial charge < -0.3 is 4.74 Å². The molecule has 2 atom stereocenters. The molecule has 8 heavy (non-hydrogen) atoms. The van der Waals surface area contributed by atoms with E-state index in [-0.39, 0.29) is 5.73 Å². The van der Waals surface area contributed by atoms with Crippen molar-refractivity contribution in [3.8, 4) is 0 Å². The molecule has 0 amide bonds. The summed E-state index contributed by atoms with van der Waals surface area (Å²) in [5.41, 5.74) is 0.277. The summed E-state index contributed by atoms with van der Waals surface area (Å²) in [7, 11) is 0.977. The highest BCUT2D eigenvalue weighted by atomic mass is 28.1. The van der Waals surface area contributed by atoms with Gasteiger partial charge in [0.25, 0.3) is 0 Å². The predicted octanol–water partition coefficient (Wildman–Crippen LogP) is 0.174. The standard InChI is InChI=1S/C5H11FOSi/c6-4-2-1-3-5(8)7-4/h4-5H,1-3H2,8H3. The third-order valence-corrected chi connectivity index (χ3v) is 2.27. The molecule has 3 heteroatoms. The van der Waals surface area contributed by atoms with Crippen LogP contribution in [0.15, 0.2) is 0 Å². The van der Waals surface area contributed by atoms with Crippen LogP contribution in [0.25, 0.3) is 0 Å². The van der Waals surface area contributed by atoms with Crippen molar-refractivity contribution in [3.05, 3.63) is 0 Å². The average Bonchev–Trinajstić information content (AvgIpc) is 1.64. The maximum atomic E-state index is 12.2. The van der Waals surface area contributed by atoms with Gasteiger partial charge in [0, 0.05) is 22.4 Å². The Labute approximate surface area is 51.6 Å². The SMILES string of the molecule is FC1CCCC([SiH3])O1. The lowest BCUT2D eigenvalue weighted by molar-refractivity contribution is -0.0858. The van der Waals surface area contributed by atoms with Crippen molar-refractivity contribution in [1.82, 2.24) is 0 Å². The van der Waals surface area contributed by atoms with Gasteiger partial charge in [0.2, 0.25) is 0 Å². The normalized spacial score (nSPS) is 40.1. The predicted molar refractivity (Wildman–Crippen MR) is 33.6 cm³/mol. The van der Waals surface area contributed by atoms with Gasteiger partial charge >= 0.3 is 0 Å². The summed E-state index contributed by atoms with van der Waals surface area (Å²) in [5, 5.41) is 0. The number of halogens is 1. The number of hydrogen-bond acceptors (Lipinski definition) is 1. The van der Waals surface area contributed by atoms with E-state index in [1.54, 1.807) is 0 Å². The number of rotatable bonds is 0. The molecule has 48 valence electrons.